The SMILES string of the molecule is O=C(Cc1ccccc1)Nc1ccc(S(=O)(=O)NCC(=O)c2ccccc2)cc1. The number of hydrogen-bond donors (Lipinski definition) is 2. The lowest BCUT2D eigenvalue weighted by Gasteiger charge is -2.09. The maximum Gasteiger partial charge on any atom is 0.240 e. The van der Waals surface area contributed by atoms with Crippen molar-refractivity contribution >= 4 is 27.4 Å². The molecule has 0 atom stereocenters. The maximum absolute atomic E-state index is 12.4. The van der Waals surface area contributed by atoms with Gasteiger partial charge in [-0.1, -0.05) is 60.7 Å². The van der Waals surface area contributed by atoms with E-state index < -0.39 is 10.0 Å². The number of nitrogens with one attached hydrogen (secondary N) is 2. The molecule has 0 fully saturated rings. The average Bonchev–Trinajstić information content (AvgIpc) is 2.74. The standard InChI is InChI=1S/C22H20N2O4S/c25-21(18-9-5-2-6-10-18)16-23-29(27,28)20-13-11-19(12-14-20)24-22(26)15-17-7-3-1-4-8-17/h1-14,23H,15-16H2,(H,24,26). The number of Topliss-reactive ketones (excluding diaryl/α,β-unsaturated/α-hetero) is 1. The van der Waals surface area contributed by atoms with Gasteiger partial charge >= 0.3 is 0 Å². The van der Waals surface area contributed by atoms with Crippen LogP contribution in [0.1, 0.15) is 15.9 Å². The maximum atomic E-state index is 12.4. The van der Waals surface area contributed by atoms with Crippen molar-refractivity contribution in [3.05, 3.63) is 96.1 Å². The van der Waals surface area contributed by atoms with Gasteiger partial charge in [0, 0.05) is 11.3 Å². The molecule has 3 aromatic rings. The molecule has 0 bridgehead atoms. The molecule has 0 aromatic heterocycles. The highest BCUT2D eigenvalue weighted by molar-refractivity contribution is 7.89. The van der Waals surface area contributed by atoms with Crippen molar-refractivity contribution in [3.8, 4) is 0 Å². The lowest BCUT2D eigenvalue weighted by molar-refractivity contribution is -0.115. The van der Waals surface area contributed by atoms with Crippen LogP contribution in [0.2, 0.25) is 0 Å². The van der Waals surface area contributed by atoms with E-state index >= 15 is 0 Å². The summed E-state index contributed by atoms with van der Waals surface area (Å²) in [4.78, 5) is 24.2. The zero-order chi connectivity index (χ0) is 20.7. The fraction of sp³-hybridized carbons (Fsp3) is 0.0909. The lowest BCUT2D eigenvalue weighted by Crippen LogP contribution is -2.29. The Morgan fingerprint density at radius 2 is 1.34 bits per heavy atom. The molecule has 1 amide bonds. The number of ketones is 1. The Kier molecular flexibility index (Phi) is 6.54. The van der Waals surface area contributed by atoms with Gasteiger partial charge in [-0.15, -0.1) is 0 Å². The number of benzene rings is 3. The van der Waals surface area contributed by atoms with E-state index in [0.717, 1.165) is 5.56 Å². The predicted octanol–water partition coefficient (Wildman–Crippen LogP) is 3.03. The Hall–Kier alpha value is -3.29. The molecule has 0 saturated heterocycles. The number of anilines is 1. The van der Waals surface area contributed by atoms with E-state index in [-0.39, 0.29) is 29.6 Å². The molecule has 0 aliphatic carbocycles. The van der Waals surface area contributed by atoms with Crippen LogP contribution in [0, 0.1) is 0 Å². The van der Waals surface area contributed by atoms with E-state index in [0.29, 0.717) is 11.3 Å². The molecule has 0 aliphatic heterocycles. The van der Waals surface area contributed by atoms with Crippen LogP contribution in [-0.2, 0) is 21.2 Å². The zero-order valence-electron chi connectivity index (χ0n) is 15.5. The third-order valence-electron chi connectivity index (χ3n) is 4.17. The van der Waals surface area contributed by atoms with Crippen molar-refractivity contribution in [2.75, 3.05) is 11.9 Å². The summed E-state index contributed by atoms with van der Waals surface area (Å²) in [7, 11) is -3.84. The Morgan fingerprint density at radius 1 is 0.759 bits per heavy atom. The summed E-state index contributed by atoms with van der Waals surface area (Å²) in [6, 6.07) is 23.6. The molecule has 7 heteroatoms. The van der Waals surface area contributed by atoms with E-state index in [9.17, 15) is 18.0 Å². The molecule has 6 nitrogen and oxygen atoms in total. The van der Waals surface area contributed by atoms with E-state index in [1.807, 2.05) is 30.3 Å². The second-order valence-corrected chi connectivity index (χ2v) is 8.12. The van der Waals surface area contributed by atoms with Crippen molar-refractivity contribution in [1.82, 2.24) is 4.72 Å². The summed E-state index contributed by atoms with van der Waals surface area (Å²) in [5.41, 5.74) is 1.81. The fourth-order valence-corrected chi connectivity index (χ4v) is 3.66. The highest BCUT2D eigenvalue weighted by Gasteiger charge is 2.16. The summed E-state index contributed by atoms with van der Waals surface area (Å²) in [6.45, 7) is -0.331. The van der Waals surface area contributed by atoms with Gasteiger partial charge in [-0.3, -0.25) is 9.59 Å². The number of carbonyl (C=O) groups is 2. The van der Waals surface area contributed by atoms with E-state index in [4.69, 9.17) is 0 Å². The summed E-state index contributed by atoms with van der Waals surface area (Å²) < 4.78 is 27.1. The van der Waals surface area contributed by atoms with Gasteiger partial charge in [0.25, 0.3) is 0 Å². The monoisotopic (exact) mass is 408 g/mol. The molecule has 0 saturated carbocycles. The minimum absolute atomic E-state index is 0.0134. The van der Waals surface area contributed by atoms with Gasteiger partial charge in [0.1, 0.15) is 0 Å². The van der Waals surface area contributed by atoms with Crippen LogP contribution in [-0.4, -0.2) is 26.7 Å². The van der Waals surface area contributed by atoms with Crippen LogP contribution in [0.25, 0.3) is 0 Å². The van der Waals surface area contributed by atoms with Gasteiger partial charge in [-0.05, 0) is 29.8 Å². The first-order valence-electron chi connectivity index (χ1n) is 8.96. The highest BCUT2D eigenvalue weighted by atomic mass is 32.2. The van der Waals surface area contributed by atoms with Crippen LogP contribution in [0.5, 0.6) is 0 Å². The van der Waals surface area contributed by atoms with Crippen LogP contribution < -0.4 is 10.0 Å². The molecular weight excluding hydrogens is 388 g/mol. The molecule has 0 spiro atoms. The first-order chi connectivity index (χ1) is 13.9. The summed E-state index contributed by atoms with van der Waals surface area (Å²) in [5, 5.41) is 2.73. The summed E-state index contributed by atoms with van der Waals surface area (Å²) in [6.07, 6.45) is 0.226. The van der Waals surface area contributed by atoms with E-state index in [2.05, 4.69) is 10.0 Å². The van der Waals surface area contributed by atoms with Gasteiger partial charge in [-0.2, -0.15) is 0 Å². The fourth-order valence-electron chi connectivity index (χ4n) is 2.67. The smallest absolute Gasteiger partial charge is 0.240 e. The van der Waals surface area contributed by atoms with Gasteiger partial charge in [0.15, 0.2) is 5.78 Å². The normalized spacial score (nSPS) is 11.0. The van der Waals surface area contributed by atoms with Crippen LogP contribution in [0.3, 0.4) is 0 Å². The average molecular weight is 408 g/mol. The summed E-state index contributed by atoms with van der Waals surface area (Å²) in [5.74, 6) is -0.516. The molecular formula is C22H20N2O4S. The predicted molar refractivity (Wildman–Crippen MR) is 111 cm³/mol. The van der Waals surface area contributed by atoms with Crippen molar-refractivity contribution in [3.63, 3.8) is 0 Å². The first kappa shape index (κ1) is 20.4. The first-order valence-corrected chi connectivity index (χ1v) is 10.4. The molecule has 0 aliphatic rings. The quantitative estimate of drug-likeness (QED) is 0.561. The topological polar surface area (TPSA) is 92.3 Å². The Morgan fingerprint density at radius 3 is 1.97 bits per heavy atom. The number of rotatable bonds is 8. The minimum Gasteiger partial charge on any atom is -0.326 e. The number of carbonyl (C=O) groups excluding carboxylic acids is 2. The number of sulfonamides is 1. The minimum atomic E-state index is -3.84. The van der Waals surface area contributed by atoms with Gasteiger partial charge in [-0.25, -0.2) is 13.1 Å². The van der Waals surface area contributed by atoms with Crippen LogP contribution in [0.4, 0.5) is 5.69 Å². The third-order valence-corrected chi connectivity index (χ3v) is 5.59. The van der Waals surface area contributed by atoms with Crippen molar-refractivity contribution in [2.45, 2.75) is 11.3 Å². The molecule has 29 heavy (non-hydrogen) atoms. The summed E-state index contributed by atoms with van der Waals surface area (Å²) >= 11 is 0. The Labute approximate surface area is 169 Å². The molecule has 0 unspecified atom stereocenters. The molecule has 0 heterocycles. The zero-order valence-corrected chi connectivity index (χ0v) is 16.4. The second kappa shape index (κ2) is 9.27. The number of amides is 1. The van der Waals surface area contributed by atoms with Gasteiger partial charge < -0.3 is 5.32 Å². The van der Waals surface area contributed by atoms with Gasteiger partial charge in [0.2, 0.25) is 15.9 Å². The van der Waals surface area contributed by atoms with Crippen molar-refractivity contribution in [2.24, 2.45) is 0 Å². The van der Waals surface area contributed by atoms with Crippen LogP contribution >= 0.6 is 0 Å². The highest BCUT2D eigenvalue weighted by Crippen LogP contribution is 2.14. The number of hydrogen-bond acceptors (Lipinski definition) is 4. The molecule has 3 rings (SSSR count). The second-order valence-electron chi connectivity index (χ2n) is 6.35. The largest absolute Gasteiger partial charge is 0.326 e. The van der Waals surface area contributed by atoms with Crippen molar-refractivity contribution < 1.29 is 18.0 Å². The van der Waals surface area contributed by atoms with E-state index in [1.54, 1.807) is 30.3 Å². The Bertz CT molecular complexity index is 1080. The third kappa shape index (κ3) is 5.84. The van der Waals surface area contributed by atoms with Crippen LogP contribution in [0.15, 0.2) is 89.8 Å². The Balaban J connectivity index is 1.58. The van der Waals surface area contributed by atoms with Crippen molar-refractivity contribution in [1.29, 1.82) is 0 Å². The van der Waals surface area contributed by atoms with Gasteiger partial charge in [0.05, 0.1) is 17.9 Å². The molecule has 2 N–H and O–H groups in total. The molecule has 0 radical (unpaired) electrons. The lowest BCUT2D eigenvalue weighted by atomic mass is 10.1. The van der Waals surface area contributed by atoms with E-state index in [1.165, 1.54) is 24.3 Å². The molecule has 3 aromatic carbocycles. The molecule has 148 valence electrons.